The number of Topliss-reactive ketones (excluding diaryl/α,β-unsaturated/α-hetero) is 1. The predicted octanol–water partition coefficient (Wildman–Crippen LogP) is 7.20. The molecule has 3 nitrogen and oxygen atoms in total. The minimum absolute atomic E-state index is 0.225. The van der Waals surface area contributed by atoms with Gasteiger partial charge in [0.15, 0.2) is 12.2 Å². The van der Waals surface area contributed by atoms with Crippen molar-refractivity contribution in [3.05, 3.63) is 101 Å². The lowest BCUT2D eigenvalue weighted by Gasteiger charge is -2.18. The van der Waals surface area contributed by atoms with E-state index >= 15 is 0 Å². The van der Waals surface area contributed by atoms with Crippen LogP contribution in [0.4, 0.5) is 0 Å². The number of ketones is 1. The second-order valence-corrected chi connectivity index (χ2v) is 8.79. The molecule has 0 fully saturated rings. The number of rotatable bonds is 0. The van der Waals surface area contributed by atoms with Gasteiger partial charge in [-0.1, -0.05) is 84.9 Å². The first kappa shape index (κ1) is 22.1. The molecule has 1 aliphatic heterocycles. The number of nitrogens with zero attached hydrogens (tertiary/aromatic N) is 1. The summed E-state index contributed by atoms with van der Waals surface area (Å²) in [7, 11) is 0. The largest absolute Gasteiger partial charge is 0.482 e. The van der Waals surface area contributed by atoms with Crippen LogP contribution in [0.1, 0.15) is 46.3 Å². The van der Waals surface area contributed by atoms with Crippen molar-refractivity contribution in [3.8, 4) is 0 Å². The average molecular weight is 448 g/mol. The lowest BCUT2D eigenvalue weighted by molar-refractivity contribution is 0.0994. The van der Waals surface area contributed by atoms with Crippen LogP contribution in [0.25, 0.3) is 27.6 Å². The normalized spacial score (nSPS) is 15.5. The van der Waals surface area contributed by atoms with E-state index in [1.165, 1.54) is 53.6 Å². The molecule has 0 saturated carbocycles. The Bertz CT molecular complexity index is 1380. The van der Waals surface area contributed by atoms with E-state index in [1.807, 2.05) is 36.4 Å². The van der Waals surface area contributed by atoms with Crippen LogP contribution in [0.2, 0.25) is 0 Å². The molecular formula is C31H29NO2. The van der Waals surface area contributed by atoms with Gasteiger partial charge in [0.2, 0.25) is 0 Å². The van der Waals surface area contributed by atoms with Crippen molar-refractivity contribution in [1.82, 2.24) is 0 Å². The van der Waals surface area contributed by atoms with Crippen LogP contribution >= 0.6 is 0 Å². The number of allylic oxidation sites excluding steroid dienone is 1. The molecule has 0 amide bonds. The molecule has 0 atom stereocenters. The van der Waals surface area contributed by atoms with Crippen LogP contribution in [0.15, 0.2) is 83.9 Å². The van der Waals surface area contributed by atoms with E-state index in [0.717, 1.165) is 24.3 Å². The van der Waals surface area contributed by atoms with E-state index in [2.05, 4.69) is 58.3 Å². The Hall–Kier alpha value is -3.72. The summed E-state index contributed by atoms with van der Waals surface area (Å²) in [6, 6.07) is 25.6. The number of aliphatic imine (C=N–C) groups is 1. The van der Waals surface area contributed by atoms with E-state index in [4.69, 9.17) is 0 Å². The molecule has 4 aromatic rings. The maximum absolute atomic E-state index is 11.2. The van der Waals surface area contributed by atoms with Gasteiger partial charge in [-0.05, 0) is 63.9 Å². The Labute approximate surface area is 200 Å². The first-order valence-corrected chi connectivity index (χ1v) is 12.1. The monoisotopic (exact) mass is 447 g/mol. The number of hydrogen-bond acceptors (Lipinski definition) is 3. The Morgan fingerprint density at radius 3 is 2.41 bits per heavy atom. The highest BCUT2D eigenvalue weighted by atomic mass is 16.5. The molecule has 0 aromatic heterocycles. The number of carbonyl (C=O) groups excluding carboxylic acids is 1. The summed E-state index contributed by atoms with van der Waals surface area (Å²) in [4.78, 5) is 15.0. The standard InChI is InChI=1S/C18H16.C10H8O.C3H5NO/c1-3-7-15-13(5-1)9-11-18-16-8-4-2-6-14(16)10-12-17(15)18;11-10-7-3-5-8-4-1-2-6-9(8)10;1-2-5-3-4-1/h1,3,5,7,9-12H,2,4,6,8H2;1-6H,7H2;3H,1-2H2. The average Bonchev–Trinajstić information content (AvgIpc) is 3.50. The molecule has 34 heavy (non-hydrogen) atoms. The molecule has 0 unspecified atom stereocenters. The number of benzene rings is 4. The van der Waals surface area contributed by atoms with E-state index in [0.29, 0.717) is 6.42 Å². The molecule has 4 aromatic carbocycles. The summed E-state index contributed by atoms with van der Waals surface area (Å²) in [5.41, 5.74) is 5.08. The lowest BCUT2D eigenvalue weighted by atomic mass is 9.86. The summed E-state index contributed by atoms with van der Waals surface area (Å²) in [5, 5.41) is 5.64. The van der Waals surface area contributed by atoms with Gasteiger partial charge in [-0.3, -0.25) is 9.79 Å². The molecule has 170 valence electrons. The van der Waals surface area contributed by atoms with Crippen LogP contribution < -0.4 is 0 Å². The van der Waals surface area contributed by atoms with Gasteiger partial charge >= 0.3 is 0 Å². The van der Waals surface area contributed by atoms with E-state index in [1.54, 1.807) is 11.1 Å². The van der Waals surface area contributed by atoms with Crippen LogP contribution in [-0.4, -0.2) is 25.3 Å². The second-order valence-electron chi connectivity index (χ2n) is 8.79. The summed E-state index contributed by atoms with van der Waals surface area (Å²) >= 11 is 0. The van der Waals surface area contributed by atoms with Crippen LogP contribution in [0, 0.1) is 0 Å². The number of hydrogen-bond donors (Lipinski definition) is 0. The highest BCUT2D eigenvalue weighted by molar-refractivity contribution is 6.08. The maximum atomic E-state index is 11.2. The van der Waals surface area contributed by atoms with Gasteiger partial charge in [0.1, 0.15) is 6.61 Å². The molecule has 0 spiro atoms. The van der Waals surface area contributed by atoms with Crippen molar-refractivity contribution in [1.29, 1.82) is 0 Å². The SMILES string of the molecule is C1=NCCO1.O=C1CC=Cc2ccccc21.c1ccc2c(c1)ccc1c3c(ccc12)CCCC3. The topological polar surface area (TPSA) is 38.7 Å². The third-order valence-corrected chi connectivity index (χ3v) is 6.61. The van der Waals surface area contributed by atoms with Crippen LogP contribution in [0.5, 0.6) is 0 Å². The molecule has 2 aliphatic carbocycles. The quantitative estimate of drug-likeness (QED) is 0.267. The minimum atomic E-state index is 0.225. The van der Waals surface area contributed by atoms with Gasteiger partial charge in [-0.2, -0.15) is 0 Å². The first-order valence-electron chi connectivity index (χ1n) is 12.1. The summed E-state index contributed by atoms with van der Waals surface area (Å²) in [6.45, 7) is 1.62. The Balaban J connectivity index is 0.000000127. The molecule has 0 N–H and O–H groups in total. The molecule has 3 heteroatoms. The zero-order valence-corrected chi connectivity index (χ0v) is 19.4. The van der Waals surface area contributed by atoms with Crippen LogP contribution in [-0.2, 0) is 17.6 Å². The van der Waals surface area contributed by atoms with Crippen molar-refractivity contribution in [3.63, 3.8) is 0 Å². The number of ether oxygens (including phenoxy) is 1. The molecule has 0 saturated heterocycles. The van der Waals surface area contributed by atoms with Gasteiger partial charge in [0.05, 0.1) is 6.54 Å². The number of aryl methyl sites for hydroxylation is 2. The number of fused-ring (bicyclic) bond motifs is 6. The fourth-order valence-corrected chi connectivity index (χ4v) is 4.91. The summed E-state index contributed by atoms with van der Waals surface area (Å²) in [6.07, 6.45) is 11.2. The van der Waals surface area contributed by atoms with E-state index in [-0.39, 0.29) is 5.78 Å². The molecule has 0 radical (unpaired) electrons. The van der Waals surface area contributed by atoms with Crippen molar-refractivity contribution >= 4 is 39.8 Å². The van der Waals surface area contributed by atoms with Crippen molar-refractivity contribution in [2.24, 2.45) is 4.99 Å². The lowest BCUT2D eigenvalue weighted by Crippen LogP contribution is -2.02. The van der Waals surface area contributed by atoms with E-state index < -0.39 is 0 Å². The Morgan fingerprint density at radius 2 is 1.59 bits per heavy atom. The van der Waals surface area contributed by atoms with Gasteiger partial charge in [-0.15, -0.1) is 0 Å². The first-order chi connectivity index (χ1) is 16.8. The van der Waals surface area contributed by atoms with Gasteiger partial charge in [0.25, 0.3) is 0 Å². The molecular weight excluding hydrogens is 418 g/mol. The Kier molecular flexibility index (Phi) is 6.81. The zero-order valence-electron chi connectivity index (χ0n) is 19.4. The summed E-state index contributed by atoms with van der Waals surface area (Å²) in [5.74, 6) is 0.225. The molecule has 7 rings (SSSR count). The van der Waals surface area contributed by atoms with E-state index in [9.17, 15) is 4.79 Å². The third-order valence-electron chi connectivity index (χ3n) is 6.61. The smallest absolute Gasteiger partial charge is 0.169 e. The highest BCUT2D eigenvalue weighted by Crippen LogP contribution is 2.33. The van der Waals surface area contributed by atoms with Gasteiger partial charge in [0, 0.05) is 12.0 Å². The zero-order chi connectivity index (χ0) is 23.2. The van der Waals surface area contributed by atoms with Gasteiger partial charge in [-0.25, -0.2) is 0 Å². The fraction of sp³-hybridized carbons (Fsp3) is 0.226. The fourth-order valence-electron chi connectivity index (χ4n) is 4.91. The highest BCUT2D eigenvalue weighted by Gasteiger charge is 2.13. The Morgan fingerprint density at radius 1 is 0.765 bits per heavy atom. The predicted molar refractivity (Wildman–Crippen MR) is 142 cm³/mol. The number of carbonyl (C=O) groups is 1. The van der Waals surface area contributed by atoms with Crippen molar-refractivity contribution < 1.29 is 9.53 Å². The second kappa shape index (κ2) is 10.5. The summed E-state index contributed by atoms with van der Waals surface area (Å²) < 4.78 is 4.65. The molecule has 1 heterocycles. The maximum Gasteiger partial charge on any atom is 0.169 e. The van der Waals surface area contributed by atoms with Gasteiger partial charge < -0.3 is 4.74 Å². The van der Waals surface area contributed by atoms with Crippen LogP contribution in [0.3, 0.4) is 0 Å². The van der Waals surface area contributed by atoms with Crippen molar-refractivity contribution in [2.45, 2.75) is 32.1 Å². The minimum Gasteiger partial charge on any atom is -0.482 e. The molecule has 3 aliphatic rings. The van der Waals surface area contributed by atoms with Crippen molar-refractivity contribution in [2.75, 3.05) is 13.2 Å². The third kappa shape index (κ3) is 4.79. The molecule has 0 bridgehead atoms.